The summed E-state index contributed by atoms with van der Waals surface area (Å²) in [5, 5.41) is 4.54. The van der Waals surface area contributed by atoms with Crippen LogP contribution in [0, 0.1) is 13.8 Å². The van der Waals surface area contributed by atoms with Gasteiger partial charge in [-0.05, 0) is 94.5 Å². The molecule has 0 bridgehead atoms. The van der Waals surface area contributed by atoms with Crippen molar-refractivity contribution in [3.63, 3.8) is 0 Å². The number of hydrogen-bond donors (Lipinski definition) is 2. The molecule has 0 saturated carbocycles. The largest absolute Gasteiger partial charge is 0.444 e. The van der Waals surface area contributed by atoms with Gasteiger partial charge in [0.2, 0.25) is 0 Å². The molecule has 2 heterocycles. The Labute approximate surface area is 207 Å². The SMILES string of the molecule is Cc1cc(N)cc([C@@H](C)Nc2nc(C)nc3ccc(C4=CCN(C(=O)OC(C)(C)C)CC4)cc23)c1. The number of nitrogens with one attached hydrogen (secondary N) is 1. The highest BCUT2D eigenvalue weighted by Crippen LogP contribution is 2.31. The fourth-order valence-electron chi connectivity index (χ4n) is 4.36. The molecule has 7 heteroatoms. The number of ether oxygens (including phenoxy) is 1. The van der Waals surface area contributed by atoms with Crippen LogP contribution < -0.4 is 11.1 Å². The number of nitrogens with zero attached hydrogens (tertiary/aromatic N) is 3. The van der Waals surface area contributed by atoms with Gasteiger partial charge in [0.15, 0.2) is 0 Å². The van der Waals surface area contributed by atoms with Crippen LogP contribution in [0.15, 0.2) is 42.5 Å². The van der Waals surface area contributed by atoms with E-state index >= 15 is 0 Å². The Hall–Kier alpha value is -3.61. The second-order valence-electron chi connectivity index (χ2n) is 10.3. The van der Waals surface area contributed by atoms with Crippen molar-refractivity contribution in [1.82, 2.24) is 14.9 Å². The highest BCUT2D eigenvalue weighted by Gasteiger charge is 2.24. The zero-order valence-electron chi connectivity index (χ0n) is 21.5. The predicted molar refractivity (Wildman–Crippen MR) is 142 cm³/mol. The molecule has 1 amide bonds. The van der Waals surface area contributed by atoms with Crippen LogP contribution in [0.25, 0.3) is 16.5 Å². The maximum atomic E-state index is 12.4. The van der Waals surface area contributed by atoms with Gasteiger partial charge in [0.05, 0.1) is 11.6 Å². The van der Waals surface area contributed by atoms with Gasteiger partial charge in [-0.1, -0.05) is 18.2 Å². The topological polar surface area (TPSA) is 93.4 Å². The zero-order valence-corrected chi connectivity index (χ0v) is 21.5. The van der Waals surface area contributed by atoms with E-state index < -0.39 is 5.60 Å². The van der Waals surface area contributed by atoms with Crippen molar-refractivity contribution in [2.45, 2.75) is 59.6 Å². The first kappa shape index (κ1) is 24.5. The number of anilines is 2. The summed E-state index contributed by atoms with van der Waals surface area (Å²) in [6, 6.07) is 12.4. The van der Waals surface area contributed by atoms with Crippen molar-refractivity contribution in [2.24, 2.45) is 0 Å². The summed E-state index contributed by atoms with van der Waals surface area (Å²) < 4.78 is 5.52. The fourth-order valence-corrected chi connectivity index (χ4v) is 4.36. The van der Waals surface area contributed by atoms with Gasteiger partial charge in [-0.3, -0.25) is 0 Å². The lowest BCUT2D eigenvalue weighted by molar-refractivity contribution is 0.0270. The number of aryl methyl sites for hydroxylation is 2. The fraction of sp³-hybridized carbons (Fsp3) is 0.393. The number of aromatic nitrogens is 2. The second-order valence-corrected chi connectivity index (χ2v) is 10.3. The Balaban J connectivity index is 1.60. The van der Waals surface area contributed by atoms with E-state index in [0.29, 0.717) is 18.9 Å². The van der Waals surface area contributed by atoms with Gasteiger partial charge in [0.25, 0.3) is 0 Å². The third-order valence-corrected chi connectivity index (χ3v) is 6.01. The molecule has 3 N–H and O–H groups in total. The van der Waals surface area contributed by atoms with Gasteiger partial charge in [-0.15, -0.1) is 0 Å². The molecule has 1 aliphatic heterocycles. The Bertz CT molecular complexity index is 1270. The standard InChI is InChI=1S/C28H35N5O2/c1-17-13-22(15-23(29)14-17)18(2)30-26-24-16-21(7-8-25(24)31-19(3)32-26)20-9-11-33(12-10-20)27(34)35-28(4,5)6/h7-9,13-16,18H,10-12,29H2,1-6H3,(H,30,31,32)/t18-/m1/s1. The van der Waals surface area contributed by atoms with Crippen LogP contribution >= 0.6 is 0 Å². The third-order valence-electron chi connectivity index (χ3n) is 6.01. The molecule has 0 aliphatic carbocycles. The van der Waals surface area contributed by atoms with Crippen LogP contribution in [0.5, 0.6) is 0 Å². The Morgan fingerprint density at radius 3 is 2.57 bits per heavy atom. The molecule has 0 unspecified atom stereocenters. The molecule has 3 aromatic rings. The lowest BCUT2D eigenvalue weighted by atomic mass is 9.98. The van der Waals surface area contributed by atoms with Gasteiger partial charge >= 0.3 is 6.09 Å². The smallest absolute Gasteiger partial charge is 0.410 e. The van der Waals surface area contributed by atoms with E-state index in [0.717, 1.165) is 45.5 Å². The van der Waals surface area contributed by atoms with Crippen LogP contribution in [0.1, 0.15) is 62.7 Å². The molecular weight excluding hydrogens is 438 g/mol. The average Bonchev–Trinajstić information content (AvgIpc) is 2.77. The second kappa shape index (κ2) is 9.56. The highest BCUT2D eigenvalue weighted by atomic mass is 16.6. The van der Waals surface area contributed by atoms with Gasteiger partial charge < -0.3 is 20.7 Å². The summed E-state index contributed by atoms with van der Waals surface area (Å²) in [5.74, 6) is 1.52. The predicted octanol–water partition coefficient (Wildman–Crippen LogP) is 6.03. The molecule has 0 saturated heterocycles. The summed E-state index contributed by atoms with van der Waals surface area (Å²) in [5.41, 5.74) is 11.8. The number of carbonyl (C=O) groups excluding carboxylic acids is 1. The van der Waals surface area contributed by atoms with Crippen LogP contribution in [0.4, 0.5) is 16.3 Å². The van der Waals surface area contributed by atoms with Crippen molar-refractivity contribution in [1.29, 1.82) is 0 Å². The quantitative estimate of drug-likeness (QED) is 0.450. The maximum absolute atomic E-state index is 12.4. The first-order valence-electron chi connectivity index (χ1n) is 12.1. The molecule has 2 aromatic carbocycles. The summed E-state index contributed by atoms with van der Waals surface area (Å²) in [6.07, 6.45) is 2.60. The van der Waals surface area contributed by atoms with Gasteiger partial charge in [0.1, 0.15) is 17.2 Å². The van der Waals surface area contributed by atoms with Gasteiger partial charge in [-0.25, -0.2) is 14.8 Å². The molecule has 7 nitrogen and oxygen atoms in total. The van der Waals surface area contributed by atoms with E-state index in [1.807, 2.05) is 52.8 Å². The molecule has 1 aromatic heterocycles. The van der Waals surface area contributed by atoms with Gasteiger partial charge in [-0.2, -0.15) is 0 Å². The maximum Gasteiger partial charge on any atom is 0.410 e. The first-order chi connectivity index (χ1) is 16.5. The first-order valence-corrected chi connectivity index (χ1v) is 12.1. The minimum Gasteiger partial charge on any atom is -0.444 e. The van der Waals surface area contributed by atoms with E-state index in [9.17, 15) is 4.79 Å². The van der Waals surface area contributed by atoms with Crippen LogP contribution in [0.2, 0.25) is 0 Å². The molecule has 184 valence electrons. The lowest BCUT2D eigenvalue weighted by Gasteiger charge is -2.29. The number of rotatable bonds is 4. The molecule has 4 rings (SSSR count). The van der Waals surface area contributed by atoms with Crippen LogP contribution in [0.3, 0.4) is 0 Å². The number of benzene rings is 2. The normalized spacial score (nSPS) is 15.0. The molecule has 1 aliphatic rings. The molecule has 0 spiro atoms. The Morgan fingerprint density at radius 1 is 1.14 bits per heavy atom. The third kappa shape index (κ3) is 5.91. The summed E-state index contributed by atoms with van der Waals surface area (Å²) in [4.78, 5) is 23.5. The molecular formula is C28H35N5O2. The number of nitrogens with two attached hydrogens (primary N) is 1. The average molecular weight is 474 g/mol. The number of nitrogen functional groups attached to an aromatic ring is 1. The number of carbonyl (C=O) groups is 1. The molecule has 0 radical (unpaired) electrons. The van der Waals surface area contributed by atoms with E-state index in [2.05, 4.69) is 41.5 Å². The van der Waals surface area contributed by atoms with Crippen molar-refractivity contribution >= 4 is 34.1 Å². The molecule has 1 atom stereocenters. The van der Waals surface area contributed by atoms with Crippen LogP contribution in [-0.4, -0.2) is 39.7 Å². The van der Waals surface area contributed by atoms with Crippen molar-refractivity contribution in [3.8, 4) is 0 Å². The van der Waals surface area contributed by atoms with Crippen LogP contribution in [-0.2, 0) is 4.74 Å². The zero-order chi connectivity index (χ0) is 25.3. The van der Waals surface area contributed by atoms with E-state index in [4.69, 9.17) is 15.5 Å². The van der Waals surface area contributed by atoms with E-state index in [1.165, 1.54) is 5.57 Å². The highest BCUT2D eigenvalue weighted by molar-refractivity contribution is 5.92. The van der Waals surface area contributed by atoms with E-state index in [-0.39, 0.29) is 12.1 Å². The number of fused-ring (bicyclic) bond motifs is 1. The number of hydrogen-bond acceptors (Lipinski definition) is 6. The summed E-state index contributed by atoms with van der Waals surface area (Å²) >= 11 is 0. The lowest BCUT2D eigenvalue weighted by Crippen LogP contribution is -2.39. The molecule has 0 fully saturated rings. The summed E-state index contributed by atoms with van der Waals surface area (Å²) in [7, 11) is 0. The van der Waals surface area contributed by atoms with Crippen molar-refractivity contribution in [2.75, 3.05) is 24.1 Å². The number of amides is 1. The Morgan fingerprint density at radius 2 is 1.91 bits per heavy atom. The van der Waals surface area contributed by atoms with Crippen molar-refractivity contribution in [3.05, 3.63) is 65.0 Å². The van der Waals surface area contributed by atoms with Crippen molar-refractivity contribution < 1.29 is 9.53 Å². The minimum absolute atomic E-state index is 0.0228. The monoisotopic (exact) mass is 473 g/mol. The summed E-state index contributed by atoms with van der Waals surface area (Å²) in [6.45, 7) is 12.9. The van der Waals surface area contributed by atoms with Gasteiger partial charge in [0, 0.05) is 24.2 Å². The molecule has 35 heavy (non-hydrogen) atoms. The minimum atomic E-state index is -0.498. The Kier molecular flexibility index (Phi) is 6.70. The van der Waals surface area contributed by atoms with E-state index in [1.54, 1.807) is 4.90 Å².